The van der Waals surface area contributed by atoms with Crippen LogP contribution >= 0.6 is 0 Å². The smallest absolute Gasteiger partial charge is 0.0994 e. The third-order valence-corrected chi connectivity index (χ3v) is 6.46. The summed E-state index contributed by atoms with van der Waals surface area (Å²) in [6.07, 6.45) is 7.02. The Balaban J connectivity index is 1.91. The Hall–Kier alpha value is -2.77. The quantitative estimate of drug-likeness (QED) is 0.630. The van der Waals surface area contributed by atoms with E-state index in [0.717, 1.165) is 33.3 Å². The zero-order chi connectivity index (χ0) is 19.8. The second-order valence-corrected chi connectivity index (χ2v) is 8.06. The van der Waals surface area contributed by atoms with Gasteiger partial charge in [0.25, 0.3) is 0 Å². The minimum absolute atomic E-state index is 0.495. The van der Waals surface area contributed by atoms with Crippen LogP contribution in [0.25, 0.3) is 22.0 Å². The fraction of sp³-hybridized carbons (Fsp3) is 0.375. The number of hydrogen-bond donors (Lipinski definition) is 2. The minimum Gasteiger partial charge on any atom is -0.398 e. The average molecular weight is 373 g/mol. The molecule has 0 aliphatic heterocycles. The largest absolute Gasteiger partial charge is 0.398 e. The molecule has 1 heterocycles. The van der Waals surface area contributed by atoms with E-state index in [0.29, 0.717) is 12.1 Å². The van der Waals surface area contributed by atoms with Crippen molar-refractivity contribution in [2.75, 3.05) is 12.8 Å². The normalized spacial score (nSPS) is 19.6. The molecule has 1 fully saturated rings. The van der Waals surface area contributed by atoms with Crippen molar-refractivity contribution in [3.63, 3.8) is 0 Å². The molecule has 1 saturated carbocycles. The van der Waals surface area contributed by atoms with Gasteiger partial charge in [-0.15, -0.1) is 0 Å². The van der Waals surface area contributed by atoms with E-state index in [2.05, 4.69) is 54.3 Å². The Morgan fingerprint density at radius 2 is 1.86 bits per heavy atom. The zero-order valence-corrected chi connectivity index (χ0v) is 16.9. The summed E-state index contributed by atoms with van der Waals surface area (Å²) in [5.41, 5.74) is 13.4. The summed E-state index contributed by atoms with van der Waals surface area (Å²) >= 11 is 0. The van der Waals surface area contributed by atoms with E-state index in [-0.39, 0.29) is 0 Å². The van der Waals surface area contributed by atoms with E-state index in [4.69, 9.17) is 5.73 Å². The van der Waals surface area contributed by atoms with Crippen LogP contribution in [0.5, 0.6) is 0 Å². The first-order chi connectivity index (χ1) is 13.5. The van der Waals surface area contributed by atoms with E-state index in [1.165, 1.54) is 36.8 Å². The fourth-order valence-electron chi connectivity index (χ4n) is 4.63. The molecule has 0 bridgehead atoms. The maximum absolute atomic E-state index is 9.57. The lowest BCUT2D eigenvalue weighted by atomic mass is 9.91. The molecular weight excluding hydrogens is 344 g/mol. The van der Waals surface area contributed by atoms with Crippen LogP contribution in [-0.2, 0) is 0 Å². The van der Waals surface area contributed by atoms with Crippen molar-refractivity contribution in [2.45, 2.75) is 51.6 Å². The number of nitriles is 1. The van der Waals surface area contributed by atoms with Gasteiger partial charge in [0, 0.05) is 40.4 Å². The number of nitrogens with one attached hydrogen (secondary N) is 1. The molecular formula is C24H28N4. The predicted octanol–water partition coefficient (Wildman–Crippen LogP) is 5.08. The highest BCUT2D eigenvalue weighted by molar-refractivity contribution is 5.98. The molecule has 1 aromatic heterocycles. The van der Waals surface area contributed by atoms with Crippen molar-refractivity contribution >= 4 is 16.6 Å². The molecule has 0 radical (unpaired) electrons. The van der Waals surface area contributed by atoms with Gasteiger partial charge in [-0.3, -0.25) is 0 Å². The number of hydrogen-bond acceptors (Lipinski definition) is 3. The lowest BCUT2D eigenvalue weighted by Crippen LogP contribution is -2.30. The molecule has 4 rings (SSSR count). The second-order valence-electron chi connectivity index (χ2n) is 8.06. The van der Waals surface area contributed by atoms with Crippen molar-refractivity contribution in [3.05, 3.63) is 53.2 Å². The van der Waals surface area contributed by atoms with Gasteiger partial charge in [-0.05, 0) is 81.5 Å². The lowest BCUT2D eigenvalue weighted by molar-refractivity contribution is 0.305. The standard InChI is InChI=1S/C24H28N4/c1-15-11-24-21(12-17(15)13-25)22(20-5-4-6-23(26)16(20)2)14-28(24)19-9-7-18(27-3)8-10-19/h4-6,11-12,14,18-19,27H,7-10,26H2,1-3H3/t18-,19-. The third-order valence-electron chi connectivity index (χ3n) is 6.46. The van der Waals surface area contributed by atoms with Crippen molar-refractivity contribution < 1.29 is 0 Å². The number of benzene rings is 2. The number of anilines is 1. The number of aryl methyl sites for hydroxylation is 1. The molecule has 0 unspecified atom stereocenters. The molecule has 0 atom stereocenters. The maximum Gasteiger partial charge on any atom is 0.0994 e. The highest BCUT2D eigenvalue weighted by atomic mass is 15.0. The molecule has 0 amide bonds. The SMILES string of the molecule is CN[C@H]1CC[C@H](n2cc(-c3cccc(N)c3C)c3cc(C#N)c(C)cc32)CC1. The summed E-state index contributed by atoms with van der Waals surface area (Å²) in [5, 5.41) is 14.1. The topological polar surface area (TPSA) is 66.8 Å². The van der Waals surface area contributed by atoms with Gasteiger partial charge in [0.2, 0.25) is 0 Å². The van der Waals surface area contributed by atoms with Crippen LogP contribution in [0.15, 0.2) is 36.5 Å². The van der Waals surface area contributed by atoms with Gasteiger partial charge in [0.1, 0.15) is 0 Å². The van der Waals surface area contributed by atoms with Crippen molar-refractivity contribution in [2.24, 2.45) is 0 Å². The Morgan fingerprint density at radius 1 is 1.11 bits per heavy atom. The van der Waals surface area contributed by atoms with E-state index in [9.17, 15) is 5.26 Å². The second kappa shape index (κ2) is 7.33. The van der Waals surface area contributed by atoms with Gasteiger partial charge in [-0.1, -0.05) is 12.1 Å². The van der Waals surface area contributed by atoms with Crippen LogP contribution < -0.4 is 11.1 Å². The van der Waals surface area contributed by atoms with E-state index >= 15 is 0 Å². The molecule has 2 aromatic carbocycles. The van der Waals surface area contributed by atoms with Crippen LogP contribution in [0.2, 0.25) is 0 Å². The molecule has 4 nitrogen and oxygen atoms in total. The van der Waals surface area contributed by atoms with Crippen LogP contribution in [0.3, 0.4) is 0 Å². The van der Waals surface area contributed by atoms with Crippen LogP contribution in [0, 0.1) is 25.2 Å². The predicted molar refractivity (Wildman–Crippen MR) is 116 cm³/mol. The fourth-order valence-corrected chi connectivity index (χ4v) is 4.63. The number of aromatic nitrogens is 1. The summed E-state index contributed by atoms with van der Waals surface area (Å²) in [4.78, 5) is 0. The first-order valence-corrected chi connectivity index (χ1v) is 10.1. The summed E-state index contributed by atoms with van der Waals surface area (Å²) < 4.78 is 2.45. The van der Waals surface area contributed by atoms with Crippen molar-refractivity contribution in [3.8, 4) is 17.2 Å². The summed E-state index contributed by atoms with van der Waals surface area (Å²) in [6.45, 7) is 4.10. The van der Waals surface area contributed by atoms with Crippen LogP contribution in [0.4, 0.5) is 5.69 Å². The van der Waals surface area contributed by atoms with Gasteiger partial charge >= 0.3 is 0 Å². The monoisotopic (exact) mass is 372 g/mol. The number of nitrogens with two attached hydrogens (primary N) is 1. The number of nitrogen functional groups attached to an aromatic ring is 1. The number of nitrogens with zero attached hydrogens (tertiary/aromatic N) is 2. The van der Waals surface area contributed by atoms with Gasteiger partial charge in [0.15, 0.2) is 0 Å². The molecule has 4 heteroatoms. The molecule has 28 heavy (non-hydrogen) atoms. The van der Waals surface area contributed by atoms with Crippen molar-refractivity contribution in [1.82, 2.24) is 9.88 Å². The Labute approximate surface area is 167 Å². The minimum atomic E-state index is 0.495. The van der Waals surface area contributed by atoms with E-state index < -0.39 is 0 Å². The molecule has 1 aliphatic rings. The summed E-state index contributed by atoms with van der Waals surface area (Å²) in [5.74, 6) is 0. The van der Waals surface area contributed by atoms with Gasteiger partial charge in [0.05, 0.1) is 11.6 Å². The van der Waals surface area contributed by atoms with Crippen molar-refractivity contribution in [1.29, 1.82) is 5.26 Å². The number of rotatable bonds is 3. The third kappa shape index (κ3) is 3.06. The highest BCUT2D eigenvalue weighted by Gasteiger charge is 2.24. The average Bonchev–Trinajstić information content (AvgIpc) is 3.07. The molecule has 0 spiro atoms. The van der Waals surface area contributed by atoms with Crippen LogP contribution in [0.1, 0.15) is 48.4 Å². The van der Waals surface area contributed by atoms with Gasteiger partial charge in [-0.2, -0.15) is 5.26 Å². The van der Waals surface area contributed by atoms with Gasteiger partial charge in [-0.25, -0.2) is 0 Å². The number of fused-ring (bicyclic) bond motifs is 1. The summed E-state index contributed by atoms with van der Waals surface area (Å²) in [6, 6.07) is 13.8. The molecule has 3 N–H and O–H groups in total. The molecule has 144 valence electrons. The molecule has 0 saturated heterocycles. The lowest BCUT2D eigenvalue weighted by Gasteiger charge is -2.30. The molecule has 3 aromatic rings. The Morgan fingerprint density at radius 3 is 2.54 bits per heavy atom. The first kappa shape index (κ1) is 18.6. The Kier molecular flexibility index (Phi) is 4.87. The summed E-state index contributed by atoms with van der Waals surface area (Å²) in [7, 11) is 2.06. The maximum atomic E-state index is 9.57. The zero-order valence-electron chi connectivity index (χ0n) is 16.9. The Bertz CT molecular complexity index is 1060. The van der Waals surface area contributed by atoms with E-state index in [1.807, 2.05) is 19.1 Å². The molecule has 1 aliphatic carbocycles. The first-order valence-electron chi connectivity index (χ1n) is 10.1. The van der Waals surface area contributed by atoms with Gasteiger partial charge < -0.3 is 15.6 Å². The highest BCUT2D eigenvalue weighted by Crippen LogP contribution is 2.39. The van der Waals surface area contributed by atoms with E-state index in [1.54, 1.807) is 0 Å². The van der Waals surface area contributed by atoms with Crippen LogP contribution in [-0.4, -0.2) is 17.7 Å².